The molecule has 1 heterocycles. The Balaban J connectivity index is 2.00. The highest BCUT2D eigenvalue weighted by molar-refractivity contribution is 5.25. The summed E-state index contributed by atoms with van der Waals surface area (Å²) in [7, 11) is 0. The predicted octanol–water partition coefficient (Wildman–Crippen LogP) is 1.61. The van der Waals surface area contributed by atoms with Crippen molar-refractivity contribution in [3.63, 3.8) is 0 Å². The number of hydrogen-bond acceptors (Lipinski definition) is 3. The first-order valence-electron chi connectivity index (χ1n) is 7.27. The standard InChI is InChI=1S/C16H26N2O/c1-16(12-17,15-5-3-2-4-6-15)13-18-9-7-14(11-18)8-10-19/h2-6,14,19H,7-13,17H2,1H3. The van der Waals surface area contributed by atoms with E-state index in [0.29, 0.717) is 19.1 Å². The number of aliphatic hydroxyl groups is 1. The third kappa shape index (κ3) is 3.56. The monoisotopic (exact) mass is 262 g/mol. The van der Waals surface area contributed by atoms with Crippen LogP contribution in [0.2, 0.25) is 0 Å². The van der Waals surface area contributed by atoms with Crippen molar-refractivity contribution in [1.82, 2.24) is 4.90 Å². The second kappa shape index (κ2) is 6.51. The molecular weight excluding hydrogens is 236 g/mol. The fraction of sp³-hybridized carbons (Fsp3) is 0.625. The molecule has 1 aromatic carbocycles. The van der Waals surface area contributed by atoms with Crippen molar-refractivity contribution in [3.05, 3.63) is 35.9 Å². The highest BCUT2D eigenvalue weighted by atomic mass is 16.3. The second-order valence-electron chi connectivity index (χ2n) is 6.03. The van der Waals surface area contributed by atoms with Crippen LogP contribution >= 0.6 is 0 Å². The van der Waals surface area contributed by atoms with Crippen molar-refractivity contribution in [2.75, 3.05) is 32.8 Å². The van der Waals surface area contributed by atoms with Crippen LogP contribution in [0.4, 0.5) is 0 Å². The van der Waals surface area contributed by atoms with Gasteiger partial charge in [0.05, 0.1) is 0 Å². The smallest absolute Gasteiger partial charge is 0.0434 e. The molecule has 2 unspecified atom stereocenters. The van der Waals surface area contributed by atoms with Gasteiger partial charge in [-0.1, -0.05) is 37.3 Å². The zero-order chi connectivity index (χ0) is 13.7. The molecule has 1 saturated heterocycles. The summed E-state index contributed by atoms with van der Waals surface area (Å²) in [5.74, 6) is 0.655. The van der Waals surface area contributed by atoms with Crippen LogP contribution in [0, 0.1) is 5.92 Å². The molecule has 0 amide bonds. The molecule has 0 radical (unpaired) electrons. The lowest BCUT2D eigenvalue weighted by Gasteiger charge is -2.33. The minimum atomic E-state index is 0.0232. The summed E-state index contributed by atoms with van der Waals surface area (Å²) in [5.41, 5.74) is 7.39. The Morgan fingerprint density at radius 2 is 2.11 bits per heavy atom. The predicted molar refractivity (Wildman–Crippen MR) is 79.1 cm³/mol. The van der Waals surface area contributed by atoms with Crippen LogP contribution in [0.3, 0.4) is 0 Å². The van der Waals surface area contributed by atoms with Crippen molar-refractivity contribution in [2.24, 2.45) is 11.7 Å². The SMILES string of the molecule is CC(CN)(CN1CCC(CCO)C1)c1ccccc1. The molecule has 0 saturated carbocycles. The lowest BCUT2D eigenvalue weighted by atomic mass is 9.82. The van der Waals surface area contributed by atoms with E-state index in [1.54, 1.807) is 0 Å². The first-order chi connectivity index (χ1) is 9.18. The van der Waals surface area contributed by atoms with Gasteiger partial charge in [-0.15, -0.1) is 0 Å². The van der Waals surface area contributed by atoms with Crippen molar-refractivity contribution >= 4 is 0 Å². The average molecular weight is 262 g/mol. The number of aliphatic hydroxyl groups excluding tert-OH is 1. The van der Waals surface area contributed by atoms with Gasteiger partial charge in [0.1, 0.15) is 0 Å². The fourth-order valence-corrected chi connectivity index (χ4v) is 3.08. The Bertz CT molecular complexity index is 382. The quantitative estimate of drug-likeness (QED) is 0.819. The highest BCUT2D eigenvalue weighted by Gasteiger charge is 2.31. The van der Waals surface area contributed by atoms with Gasteiger partial charge >= 0.3 is 0 Å². The molecule has 2 rings (SSSR count). The maximum Gasteiger partial charge on any atom is 0.0434 e. The third-order valence-electron chi connectivity index (χ3n) is 4.40. The Labute approximate surface area is 116 Å². The van der Waals surface area contributed by atoms with E-state index in [2.05, 4.69) is 36.1 Å². The van der Waals surface area contributed by atoms with Gasteiger partial charge in [-0.2, -0.15) is 0 Å². The van der Waals surface area contributed by atoms with E-state index < -0.39 is 0 Å². The first kappa shape index (κ1) is 14.5. The lowest BCUT2D eigenvalue weighted by molar-refractivity contribution is 0.231. The molecule has 1 fully saturated rings. The number of rotatable bonds is 6. The third-order valence-corrected chi connectivity index (χ3v) is 4.40. The summed E-state index contributed by atoms with van der Waals surface area (Å²) >= 11 is 0. The Morgan fingerprint density at radius 1 is 1.37 bits per heavy atom. The van der Waals surface area contributed by atoms with Crippen molar-refractivity contribution in [3.8, 4) is 0 Å². The molecule has 3 N–H and O–H groups in total. The van der Waals surface area contributed by atoms with Crippen molar-refractivity contribution in [1.29, 1.82) is 0 Å². The maximum absolute atomic E-state index is 9.03. The average Bonchev–Trinajstić information content (AvgIpc) is 2.87. The minimum Gasteiger partial charge on any atom is -0.396 e. The van der Waals surface area contributed by atoms with E-state index in [9.17, 15) is 0 Å². The molecule has 3 heteroatoms. The molecule has 1 aliphatic heterocycles. The molecular formula is C16H26N2O. The first-order valence-corrected chi connectivity index (χ1v) is 7.27. The highest BCUT2D eigenvalue weighted by Crippen LogP contribution is 2.27. The van der Waals surface area contributed by atoms with Crippen LogP contribution in [-0.2, 0) is 5.41 Å². The van der Waals surface area contributed by atoms with Crippen molar-refractivity contribution < 1.29 is 5.11 Å². The van der Waals surface area contributed by atoms with E-state index in [1.165, 1.54) is 12.0 Å². The summed E-state index contributed by atoms with van der Waals surface area (Å²) in [5, 5.41) is 9.03. The van der Waals surface area contributed by atoms with Crippen LogP contribution in [0.25, 0.3) is 0 Å². The number of nitrogens with two attached hydrogens (primary N) is 1. The molecule has 106 valence electrons. The molecule has 0 aromatic heterocycles. The molecule has 0 aliphatic carbocycles. The molecule has 2 atom stereocenters. The van der Waals surface area contributed by atoms with Gasteiger partial charge in [-0.3, -0.25) is 0 Å². The largest absolute Gasteiger partial charge is 0.396 e. The van der Waals surface area contributed by atoms with Gasteiger partial charge in [0.25, 0.3) is 0 Å². The maximum atomic E-state index is 9.03. The zero-order valence-electron chi connectivity index (χ0n) is 11.9. The van der Waals surface area contributed by atoms with Gasteiger partial charge in [-0.05, 0) is 30.9 Å². The zero-order valence-corrected chi connectivity index (χ0v) is 11.9. The molecule has 19 heavy (non-hydrogen) atoms. The number of benzene rings is 1. The van der Waals surface area contributed by atoms with Gasteiger partial charge in [0.15, 0.2) is 0 Å². The number of hydrogen-bond donors (Lipinski definition) is 2. The summed E-state index contributed by atoms with van der Waals surface area (Å²) in [6.07, 6.45) is 2.14. The second-order valence-corrected chi connectivity index (χ2v) is 6.03. The van der Waals surface area contributed by atoms with Gasteiger partial charge < -0.3 is 15.7 Å². The summed E-state index contributed by atoms with van der Waals surface area (Å²) in [6, 6.07) is 10.6. The molecule has 1 aromatic rings. The van der Waals surface area contributed by atoms with E-state index in [1.807, 2.05) is 6.07 Å². The Hall–Kier alpha value is -0.900. The van der Waals surface area contributed by atoms with Crippen LogP contribution in [0.15, 0.2) is 30.3 Å². The number of nitrogens with zero attached hydrogens (tertiary/aromatic N) is 1. The molecule has 1 aliphatic rings. The summed E-state index contributed by atoms with van der Waals surface area (Å²) < 4.78 is 0. The fourth-order valence-electron chi connectivity index (χ4n) is 3.08. The van der Waals surface area contributed by atoms with Crippen LogP contribution < -0.4 is 5.73 Å². The van der Waals surface area contributed by atoms with E-state index in [-0.39, 0.29) is 5.41 Å². The molecule has 0 bridgehead atoms. The summed E-state index contributed by atoms with van der Waals surface area (Å²) in [6.45, 7) is 6.47. The Morgan fingerprint density at radius 3 is 2.74 bits per heavy atom. The Kier molecular flexibility index (Phi) is 4.97. The molecule has 0 spiro atoms. The van der Waals surface area contributed by atoms with Crippen LogP contribution in [-0.4, -0.2) is 42.8 Å². The van der Waals surface area contributed by atoms with Gasteiger partial charge in [-0.25, -0.2) is 0 Å². The van der Waals surface area contributed by atoms with Gasteiger partial charge in [0, 0.05) is 31.7 Å². The minimum absolute atomic E-state index is 0.0232. The van der Waals surface area contributed by atoms with Gasteiger partial charge in [0.2, 0.25) is 0 Å². The molecule has 3 nitrogen and oxygen atoms in total. The number of likely N-dealkylation sites (tertiary alicyclic amines) is 1. The van der Waals surface area contributed by atoms with Crippen LogP contribution in [0.1, 0.15) is 25.3 Å². The topological polar surface area (TPSA) is 49.5 Å². The van der Waals surface area contributed by atoms with E-state index in [4.69, 9.17) is 10.8 Å². The van der Waals surface area contributed by atoms with Crippen LogP contribution in [0.5, 0.6) is 0 Å². The lowest BCUT2D eigenvalue weighted by Crippen LogP contribution is -2.43. The summed E-state index contributed by atoms with van der Waals surface area (Å²) in [4.78, 5) is 2.50. The van der Waals surface area contributed by atoms with Crippen molar-refractivity contribution in [2.45, 2.75) is 25.2 Å². The normalized spacial score (nSPS) is 23.4. The van der Waals surface area contributed by atoms with E-state index >= 15 is 0 Å². The van der Waals surface area contributed by atoms with E-state index in [0.717, 1.165) is 26.1 Å².